The number of Topliss-reactive ketones (excluding diaryl/α,β-unsaturated/α-hetero) is 1. The molecule has 0 saturated carbocycles. The number of benzene rings is 2. The number of ketones is 1. The van der Waals surface area contributed by atoms with Gasteiger partial charge >= 0.3 is 6.09 Å². The quantitative estimate of drug-likeness (QED) is 0.520. The normalized spacial score (nSPS) is 13.3. The molecule has 2 aromatic carbocycles. The largest absolute Gasteiger partial charge is 0.447 e. The molecule has 2 amide bonds. The summed E-state index contributed by atoms with van der Waals surface area (Å²) < 4.78 is 6.61. The fraction of sp³-hybridized carbons (Fsp3) is 0.182. The Balaban J connectivity index is 1.61. The molecule has 8 nitrogen and oxygen atoms in total. The zero-order valence-corrected chi connectivity index (χ0v) is 16.6. The van der Waals surface area contributed by atoms with Gasteiger partial charge in [0.15, 0.2) is 0 Å². The van der Waals surface area contributed by atoms with Crippen LogP contribution in [-0.4, -0.2) is 40.7 Å². The highest BCUT2D eigenvalue weighted by Gasteiger charge is 2.29. The first-order valence-corrected chi connectivity index (χ1v) is 9.48. The van der Waals surface area contributed by atoms with Gasteiger partial charge in [-0.25, -0.2) is 9.48 Å². The first-order chi connectivity index (χ1) is 14.5. The summed E-state index contributed by atoms with van der Waals surface area (Å²) in [5, 5.41) is 7.06. The van der Waals surface area contributed by atoms with E-state index < -0.39 is 17.8 Å². The third kappa shape index (κ3) is 3.43. The van der Waals surface area contributed by atoms with Crippen LogP contribution in [0.4, 0.5) is 16.2 Å². The summed E-state index contributed by atoms with van der Waals surface area (Å²) >= 11 is 0. The van der Waals surface area contributed by atoms with Crippen molar-refractivity contribution in [2.45, 2.75) is 13.8 Å². The van der Waals surface area contributed by atoms with E-state index in [0.717, 1.165) is 5.69 Å². The molecule has 1 saturated heterocycles. The topological polar surface area (TPSA) is 93.5 Å². The molecule has 152 valence electrons. The van der Waals surface area contributed by atoms with Gasteiger partial charge in [0.1, 0.15) is 6.61 Å². The monoisotopic (exact) mass is 404 g/mol. The van der Waals surface area contributed by atoms with Gasteiger partial charge in [-0.3, -0.25) is 14.5 Å². The Kier molecular flexibility index (Phi) is 5.05. The molecule has 0 radical (unpaired) electrons. The number of carbonyl (C=O) groups is 3. The van der Waals surface area contributed by atoms with E-state index in [9.17, 15) is 14.4 Å². The Hall–Kier alpha value is -3.94. The number of aryl methyl sites for hydroxylation is 1. The van der Waals surface area contributed by atoms with E-state index in [2.05, 4.69) is 10.4 Å². The number of anilines is 2. The Morgan fingerprint density at radius 3 is 2.43 bits per heavy atom. The molecule has 0 atom stereocenters. The Bertz CT molecular complexity index is 1140. The molecular formula is C22H20N4O4. The second-order valence-electron chi connectivity index (χ2n) is 6.86. The van der Waals surface area contributed by atoms with Crippen molar-refractivity contribution in [1.82, 2.24) is 9.78 Å². The number of rotatable bonds is 5. The summed E-state index contributed by atoms with van der Waals surface area (Å²) in [6.45, 7) is 4.10. The van der Waals surface area contributed by atoms with E-state index in [0.29, 0.717) is 29.3 Å². The number of nitrogens with zero attached hydrogens (tertiary/aromatic N) is 3. The number of carbonyl (C=O) groups excluding carboxylic acids is 3. The van der Waals surface area contributed by atoms with Crippen LogP contribution in [0.25, 0.3) is 5.69 Å². The minimum absolute atomic E-state index is 0.259. The van der Waals surface area contributed by atoms with Gasteiger partial charge in [-0.05, 0) is 38.1 Å². The molecule has 4 rings (SSSR count). The van der Waals surface area contributed by atoms with Gasteiger partial charge in [0, 0.05) is 0 Å². The molecule has 0 aliphatic carbocycles. The first kappa shape index (κ1) is 19.4. The highest BCUT2D eigenvalue weighted by molar-refractivity contribution is 6.47. The average molecular weight is 404 g/mol. The molecule has 1 aromatic heterocycles. The van der Waals surface area contributed by atoms with Crippen LogP contribution in [0.15, 0.2) is 54.6 Å². The fourth-order valence-corrected chi connectivity index (χ4v) is 3.51. The molecule has 30 heavy (non-hydrogen) atoms. The van der Waals surface area contributed by atoms with E-state index in [-0.39, 0.29) is 12.2 Å². The SMILES string of the molecule is Cc1nn(-c2ccccc2)c(C)c1C(=O)C(=O)Nc1ccccc1N1CCOC1=O. The minimum atomic E-state index is -0.797. The molecule has 0 bridgehead atoms. The number of nitrogens with one attached hydrogen (secondary N) is 1. The van der Waals surface area contributed by atoms with E-state index in [1.54, 1.807) is 42.8 Å². The van der Waals surface area contributed by atoms with Gasteiger partial charge in [0.2, 0.25) is 0 Å². The summed E-state index contributed by atoms with van der Waals surface area (Å²) in [7, 11) is 0. The van der Waals surface area contributed by atoms with Crippen LogP contribution in [0.3, 0.4) is 0 Å². The van der Waals surface area contributed by atoms with Crippen LogP contribution in [0.5, 0.6) is 0 Å². The molecule has 1 aliphatic heterocycles. The standard InChI is InChI=1S/C22H20N4O4/c1-14-19(15(2)26(24-14)16-8-4-3-5-9-16)20(27)21(28)23-17-10-6-7-11-18(17)25-12-13-30-22(25)29/h3-11H,12-13H2,1-2H3,(H,23,28). The molecule has 8 heteroatoms. The van der Waals surface area contributed by atoms with Gasteiger partial charge in [-0.2, -0.15) is 5.10 Å². The third-order valence-corrected chi connectivity index (χ3v) is 4.93. The smallest absolute Gasteiger partial charge is 0.414 e. The van der Waals surface area contributed by atoms with Crippen molar-refractivity contribution in [2.24, 2.45) is 0 Å². The Morgan fingerprint density at radius 2 is 1.73 bits per heavy atom. The summed E-state index contributed by atoms with van der Waals surface area (Å²) in [5.74, 6) is -1.49. The molecular weight excluding hydrogens is 384 g/mol. The number of para-hydroxylation sites is 3. The van der Waals surface area contributed by atoms with Crippen molar-refractivity contribution in [3.8, 4) is 5.69 Å². The molecule has 0 unspecified atom stereocenters. The number of aromatic nitrogens is 2. The van der Waals surface area contributed by atoms with Crippen molar-refractivity contribution >= 4 is 29.2 Å². The lowest BCUT2D eigenvalue weighted by Crippen LogP contribution is -2.28. The number of ether oxygens (including phenoxy) is 1. The second-order valence-corrected chi connectivity index (χ2v) is 6.86. The highest BCUT2D eigenvalue weighted by atomic mass is 16.6. The second kappa shape index (κ2) is 7.82. The van der Waals surface area contributed by atoms with Crippen LogP contribution in [0.1, 0.15) is 21.7 Å². The fourth-order valence-electron chi connectivity index (χ4n) is 3.51. The number of hydrogen-bond donors (Lipinski definition) is 1. The van der Waals surface area contributed by atoms with E-state index in [1.165, 1.54) is 4.90 Å². The van der Waals surface area contributed by atoms with Crippen LogP contribution in [0.2, 0.25) is 0 Å². The van der Waals surface area contributed by atoms with Gasteiger partial charge in [0.05, 0.1) is 40.6 Å². The summed E-state index contributed by atoms with van der Waals surface area (Å²) in [5.41, 5.74) is 2.95. The van der Waals surface area contributed by atoms with Crippen molar-refractivity contribution in [3.05, 3.63) is 71.5 Å². The van der Waals surface area contributed by atoms with E-state index >= 15 is 0 Å². The van der Waals surface area contributed by atoms with Crippen LogP contribution >= 0.6 is 0 Å². The van der Waals surface area contributed by atoms with Crippen molar-refractivity contribution in [1.29, 1.82) is 0 Å². The summed E-state index contributed by atoms with van der Waals surface area (Å²) in [6, 6.07) is 16.2. The highest BCUT2D eigenvalue weighted by Crippen LogP contribution is 2.28. The molecule has 0 spiro atoms. The van der Waals surface area contributed by atoms with Gasteiger partial charge in [-0.1, -0.05) is 30.3 Å². The molecule has 1 N–H and O–H groups in total. The maximum absolute atomic E-state index is 13.0. The lowest BCUT2D eigenvalue weighted by Gasteiger charge is -2.17. The minimum Gasteiger partial charge on any atom is -0.447 e. The van der Waals surface area contributed by atoms with Crippen molar-refractivity contribution in [2.75, 3.05) is 23.4 Å². The van der Waals surface area contributed by atoms with Crippen LogP contribution in [-0.2, 0) is 9.53 Å². The molecule has 2 heterocycles. The lowest BCUT2D eigenvalue weighted by atomic mass is 10.1. The van der Waals surface area contributed by atoms with Gasteiger partial charge in [-0.15, -0.1) is 0 Å². The average Bonchev–Trinajstić information content (AvgIpc) is 3.31. The number of cyclic esters (lactones) is 1. The van der Waals surface area contributed by atoms with E-state index in [1.807, 2.05) is 30.3 Å². The zero-order chi connectivity index (χ0) is 21.3. The van der Waals surface area contributed by atoms with Gasteiger partial charge < -0.3 is 10.1 Å². The van der Waals surface area contributed by atoms with Crippen LogP contribution in [0, 0.1) is 13.8 Å². The lowest BCUT2D eigenvalue weighted by molar-refractivity contribution is -0.112. The van der Waals surface area contributed by atoms with Crippen molar-refractivity contribution in [3.63, 3.8) is 0 Å². The first-order valence-electron chi connectivity index (χ1n) is 9.48. The molecule has 1 aliphatic rings. The maximum atomic E-state index is 13.0. The Morgan fingerprint density at radius 1 is 1.03 bits per heavy atom. The predicted molar refractivity (Wildman–Crippen MR) is 111 cm³/mol. The van der Waals surface area contributed by atoms with Crippen molar-refractivity contribution < 1.29 is 19.1 Å². The maximum Gasteiger partial charge on any atom is 0.414 e. The van der Waals surface area contributed by atoms with Crippen LogP contribution < -0.4 is 10.2 Å². The molecule has 3 aromatic rings. The number of hydrogen-bond acceptors (Lipinski definition) is 5. The van der Waals surface area contributed by atoms with Gasteiger partial charge in [0.25, 0.3) is 11.7 Å². The zero-order valence-electron chi connectivity index (χ0n) is 16.6. The number of amides is 2. The van der Waals surface area contributed by atoms with E-state index in [4.69, 9.17) is 4.74 Å². The Labute approximate surface area is 173 Å². The third-order valence-electron chi connectivity index (χ3n) is 4.93. The predicted octanol–water partition coefficient (Wildman–Crippen LogP) is 3.27. The summed E-state index contributed by atoms with van der Waals surface area (Å²) in [6.07, 6.45) is -0.487. The summed E-state index contributed by atoms with van der Waals surface area (Å²) in [4.78, 5) is 39.1. The molecule has 1 fully saturated rings.